The zero-order valence-corrected chi connectivity index (χ0v) is 14.3. The van der Waals surface area contributed by atoms with E-state index in [-0.39, 0.29) is 11.6 Å². The summed E-state index contributed by atoms with van der Waals surface area (Å²) in [6, 6.07) is 12.2. The fourth-order valence-corrected chi connectivity index (χ4v) is 2.57. The number of benzene rings is 2. The molecule has 0 saturated heterocycles. The van der Waals surface area contributed by atoms with Crippen LogP contribution in [0.4, 0.5) is 0 Å². The maximum Gasteiger partial charge on any atom is 0.363 e. The summed E-state index contributed by atoms with van der Waals surface area (Å²) in [4.78, 5) is 16.3. The van der Waals surface area contributed by atoms with E-state index >= 15 is 0 Å². The molecule has 1 aliphatic heterocycles. The number of aliphatic imine (C=N–C) groups is 1. The lowest BCUT2D eigenvalue weighted by molar-refractivity contribution is -0.129. The Morgan fingerprint density at radius 2 is 2.04 bits per heavy atom. The van der Waals surface area contributed by atoms with E-state index in [4.69, 9.17) is 32.7 Å². The molecule has 0 saturated carbocycles. The van der Waals surface area contributed by atoms with Crippen molar-refractivity contribution in [3.8, 4) is 5.75 Å². The van der Waals surface area contributed by atoms with Crippen LogP contribution in [0.5, 0.6) is 5.75 Å². The van der Waals surface area contributed by atoms with Gasteiger partial charge in [-0.15, -0.1) is 0 Å². The zero-order chi connectivity index (χ0) is 17.1. The Labute approximate surface area is 149 Å². The number of carbonyl (C=O) groups is 1. The number of carbonyl (C=O) groups excluding carboxylic acids is 1. The standard InChI is InChI=1S/C18H13Cl2NO3/c1-2-23-13-5-3-4-11(8-13)9-16-18(22)24-17(21-16)14-10-12(19)6-7-15(14)20/h3-10H,2H2,1H3/b16-9+. The van der Waals surface area contributed by atoms with Crippen molar-refractivity contribution in [3.05, 3.63) is 69.3 Å². The monoisotopic (exact) mass is 361 g/mol. The molecule has 0 aromatic heterocycles. The van der Waals surface area contributed by atoms with Crippen LogP contribution < -0.4 is 4.74 Å². The minimum Gasteiger partial charge on any atom is -0.494 e. The smallest absolute Gasteiger partial charge is 0.363 e. The molecule has 0 radical (unpaired) electrons. The molecule has 1 heterocycles. The van der Waals surface area contributed by atoms with E-state index in [1.807, 2.05) is 31.2 Å². The van der Waals surface area contributed by atoms with Gasteiger partial charge in [0.05, 0.1) is 17.2 Å². The second-order valence-electron chi connectivity index (χ2n) is 4.97. The largest absolute Gasteiger partial charge is 0.494 e. The Morgan fingerprint density at radius 1 is 1.21 bits per heavy atom. The normalized spacial score (nSPS) is 15.4. The van der Waals surface area contributed by atoms with Crippen molar-refractivity contribution in [3.63, 3.8) is 0 Å². The van der Waals surface area contributed by atoms with E-state index in [0.717, 1.165) is 11.3 Å². The van der Waals surface area contributed by atoms with Crippen LogP contribution in [-0.2, 0) is 9.53 Å². The summed E-state index contributed by atoms with van der Waals surface area (Å²) in [5.74, 6) is 0.322. The summed E-state index contributed by atoms with van der Waals surface area (Å²) in [6.45, 7) is 2.47. The summed E-state index contributed by atoms with van der Waals surface area (Å²) in [6.07, 6.45) is 1.64. The van der Waals surface area contributed by atoms with E-state index in [0.29, 0.717) is 22.2 Å². The number of ether oxygens (including phenoxy) is 2. The molecule has 24 heavy (non-hydrogen) atoms. The molecule has 122 valence electrons. The molecular weight excluding hydrogens is 349 g/mol. The number of rotatable bonds is 4. The molecule has 0 aliphatic carbocycles. The van der Waals surface area contributed by atoms with Gasteiger partial charge in [0, 0.05) is 5.02 Å². The van der Waals surface area contributed by atoms with E-state index in [1.54, 1.807) is 24.3 Å². The first-order chi connectivity index (χ1) is 11.6. The molecule has 0 N–H and O–H groups in total. The number of esters is 1. The summed E-state index contributed by atoms with van der Waals surface area (Å²) in [5, 5.41) is 0.889. The minimum absolute atomic E-state index is 0.139. The Hall–Kier alpha value is -2.30. The van der Waals surface area contributed by atoms with E-state index in [2.05, 4.69) is 4.99 Å². The highest BCUT2D eigenvalue weighted by atomic mass is 35.5. The maximum atomic E-state index is 12.1. The van der Waals surface area contributed by atoms with Crippen LogP contribution in [0, 0.1) is 0 Å². The van der Waals surface area contributed by atoms with Crippen molar-refractivity contribution in [1.82, 2.24) is 0 Å². The molecule has 0 amide bonds. The van der Waals surface area contributed by atoms with Gasteiger partial charge in [0.1, 0.15) is 5.75 Å². The Morgan fingerprint density at radius 3 is 2.83 bits per heavy atom. The van der Waals surface area contributed by atoms with Gasteiger partial charge in [-0.25, -0.2) is 9.79 Å². The molecule has 0 unspecified atom stereocenters. The Balaban J connectivity index is 1.94. The van der Waals surface area contributed by atoms with Gasteiger partial charge in [0.15, 0.2) is 5.70 Å². The van der Waals surface area contributed by atoms with Crippen molar-refractivity contribution >= 4 is 41.1 Å². The predicted octanol–water partition coefficient (Wildman–Crippen LogP) is 4.74. The van der Waals surface area contributed by atoms with Crippen LogP contribution >= 0.6 is 23.2 Å². The van der Waals surface area contributed by atoms with E-state index in [9.17, 15) is 4.79 Å². The number of halogens is 2. The highest BCUT2D eigenvalue weighted by Gasteiger charge is 2.25. The highest BCUT2D eigenvalue weighted by molar-refractivity contribution is 6.36. The topological polar surface area (TPSA) is 47.9 Å². The number of hydrogen-bond donors (Lipinski definition) is 0. The quantitative estimate of drug-likeness (QED) is 0.583. The lowest BCUT2D eigenvalue weighted by Gasteiger charge is -2.03. The molecule has 3 rings (SSSR count). The average molecular weight is 362 g/mol. The molecule has 6 heteroatoms. The predicted molar refractivity (Wildman–Crippen MR) is 94.7 cm³/mol. The second-order valence-corrected chi connectivity index (χ2v) is 5.81. The molecule has 0 bridgehead atoms. The van der Waals surface area contributed by atoms with Crippen molar-refractivity contribution in [2.75, 3.05) is 6.61 Å². The fraction of sp³-hybridized carbons (Fsp3) is 0.111. The minimum atomic E-state index is -0.539. The summed E-state index contributed by atoms with van der Waals surface area (Å²) < 4.78 is 10.7. The van der Waals surface area contributed by atoms with Gasteiger partial charge in [0.2, 0.25) is 5.90 Å². The number of cyclic esters (lactones) is 1. The lowest BCUT2D eigenvalue weighted by atomic mass is 10.2. The van der Waals surface area contributed by atoms with Gasteiger partial charge in [-0.05, 0) is 48.9 Å². The molecule has 4 nitrogen and oxygen atoms in total. The Bertz CT molecular complexity index is 859. The zero-order valence-electron chi connectivity index (χ0n) is 12.8. The molecule has 0 atom stereocenters. The number of nitrogens with zero attached hydrogens (tertiary/aromatic N) is 1. The second kappa shape index (κ2) is 7.07. The summed E-state index contributed by atoms with van der Waals surface area (Å²) in [7, 11) is 0. The van der Waals surface area contributed by atoms with Crippen LogP contribution in [0.3, 0.4) is 0 Å². The molecule has 0 spiro atoms. The summed E-state index contributed by atoms with van der Waals surface area (Å²) >= 11 is 12.1. The lowest BCUT2D eigenvalue weighted by Crippen LogP contribution is -2.06. The van der Waals surface area contributed by atoms with Gasteiger partial charge in [-0.3, -0.25) is 0 Å². The number of hydrogen-bond acceptors (Lipinski definition) is 4. The first-order valence-electron chi connectivity index (χ1n) is 7.27. The van der Waals surface area contributed by atoms with E-state index in [1.165, 1.54) is 0 Å². The van der Waals surface area contributed by atoms with Crippen LogP contribution in [0.1, 0.15) is 18.1 Å². The summed E-state index contributed by atoms with van der Waals surface area (Å²) in [5.41, 5.74) is 1.45. The first kappa shape index (κ1) is 16.6. The van der Waals surface area contributed by atoms with Crippen molar-refractivity contribution in [2.24, 2.45) is 4.99 Å². The van der Waals surface area contributed by atoms with Gasteiger partial charge >= 0.3 is 5.97 Å². The first-order valence-corrected chi connectivity index (χ1v) is 8.03. The van der Waals surface area contributed by atoms with Crippen molar-refractivity contribution in [1.29, 1.82) is 0 Å². The van der Waals surface area contributed by atoms with Crippen LogP contribution in [0.25, 0.3) is 6.08 Å². The Kier molecular flexibility index (Phi) is 4.88. The molecular formula is C18H13Cl2NO3. The third kappa shape index (κ3) is 3.61. The SMILES string of the molecule is CCOc1cccc(/C=C2/N=C(c3cc(Cl)ccc3Cl)OC2=O)c1. The van der Waals surface area contributed by atoms with Crippen molar-refractivity contribution in [2.45, 2.75) is 6.92 Å². The van der Waals surface area contributed by atoms with Crippen molar-refractivity contribution < 1.29 is 14.3 Å². The highest BCUT2D eigenvalue weighted by Crippen LogP contribution is 2.26. The molecule has 2 aromatic rings. The van der Waals surface area contributed by atoms with Gasteiger partial charge in [-0.1, -0.05) is 35.3 Å². The fourth-order valence-electron chi connectivity index (χ4n) is 2.20. The molecule has 1 aliphatic rings. The third-order valence-electron chi connectivity index (χ3n) is 3.25. The molecule has 2 aromatic carbocycles. The van der Waals surface area contributed by atoms with Gasteiger partial charge < -0.3 is 9.47 Å². The average Bonchev–Trinajstić information content (AvgIpc) is 2.91. The molecule has 0 fully saturated rings. The maximum absolute atomic E-state index is 12.1. The van der Waals surface area contributed by atoms with E-state index < -0.39 is 5.97 Å². The van der Waals surface area contributed by atoms with Crippen LogP contribution in [-0.4, -0.2) is 18.5 Å². The third-order valence-corrected chi connectivity index (χ3v) is 3.82. The van der Waals surface area contributed by atoms with Gasteiger partial charge in [0.25, 0.3) is 0 Å². The van der Waals surface area contributed by atoms with Crippen LogP contribution in [0.15, 0.2) is 53.2 Å². The van der Waals surface area contributed by atoms with Gasteiger partial charge in [-0.2, -0.15) is 0 Å². The van der Waals surface area contributed by atoms with Crippen LogP contribution in [0.2, 0.25) is 10.0 Å².